The first-order valence-corrected chi connectivity index (χ1v) is 9.88. The molecule has 0 saturated carbocycles. The Morgan fingerprint density at radius 3 is 2.33 bits per heavy atom. The van der Waals surface area contributed by atoms with Crippen molar-refractivity contribution in [3.8, 4) is 0 Å². The number of halogens is 1. The quantitative estimate of drug-likeness (QED) is 0.505. The van der Waals surface area contributed by atoms with Crippen molar-refractivity contribution < 1.29 is 17.7 Å². The van der Waals surface area contributed by atoms with Crippen LogP contribution in [-0.4, -0.2) is 37.8 Å². The zero-order valence-corrected chi connectivity index (χ0v) is 16.2. The van der Waals surface area contributed by atoms with Gasteiger partial charge in [-0.3, -0.25) is 10.1 Å². The summed E-state index contributed by atoms with van der Waals surface area (Å²) in [5.74, 6) is -0.393. The molecule has 0 atom stereocenters. The van der Waals surface area contributed by atoms with Crippen molar-refractivity contribution in [1.82, 2.24) is 4.31 Å². The van der Waals surface area contributed by atoms with Crippen molar-refractivity contribution in [1.29, 1.82) is 0 Å². The van der Waals surface area contributed by atoms with E-state index >= 15 is 0 Å². The van der Waals surface area contributed by atoms with Crippen molar-refractivity contribution in [3.63, 3.8) is 0 Å². The molecule has 2 rings (SSSR count). The van der Waals surface area contributed by atoms with Gasteiger partial charge in [0.15, 0.2) is 0 Å². The molecule has 0 aliphatic heterocycles. The maximum absolute atomic E-state index is 13.4. The highest BCUT2D eigenvalue weighted by atomic mass is 32.2. The highest BCUT2D eigenvalue weighted by molar-refractivity contribution is 7.89. The minimum Gasteiger partial charge on any atom is -0.365 e. The minimum absolute atomic E-state index is 0.124. The predicted molar refractivity (Wildman–Crippen MR) is 102 cm³/mol. The van der Waals surface area contributed by atoms with E-state index in [1.54, 1.807) is 37.9 Å². The molecule has 0 radical (unpaired) electrons. The summed E-state index contributed by atoms with van der Waals surface area (Å²) in [6.07, 6.45) is 0. The molecule has 0 unspecified atom stereocenters. The van der Waals surface area contributed by atoms with Gasteiger partial charge in [-0.1, -0.05) is 26.0 Å². The third kappa shape index (κ3) is 4.61. The lowest BCUT2D eigenvalue weighted by Gasteiger charge is -2.21. The summed E-state index contributed by atoms with van der Waals surface area (Å²) in [5, 5.41) is 11.5. The Balaban J connectivity index is 2.42. The Morgan fingerprint density at radius 1 is 1.11 bits per heavy atom. The van der Waals surface area contributed by atoms with E-state index in [1.807, 2.05) is 0 Å². The molecule has 0 saturated heterocycles. The van der Waals surface area contributed by atoms with Crippen LogP contribution in [0.1, 0.15) is 19.4 Å². The Kier molecular flexibility index (Phi) is 6.50. The molecule has 0 fully saturated rings. The van der Waals surface area contributed by atoms with E-state index < -0.39 is 20.8 Å². The van der Waals surface area contributed by atoms with E-state index in [0.29, 0.717) is 5.56 Å². The van der Waals surface area contributed by atoms with E-state index in [0.717, 1.165) is 6.07 Å². The third-order valence-electron chi connectivity index (χ3n) is 4.21. The number of anilines is 1. The van der Waals surface area contributed by atoms with Gasteiger partial charge >= 0.3 is 0 Å². The summed E-state index contributed by atoms with van der Waals surface area (Å²) in [4.78, 5) is 12.4. The lowest BCUT2D eigenvalue weighted by Crippen LogP contribution is -2.30. The van der Waals surface area contributed by atoms with E-state index in [4.69, 9.17) is 0 Å². The normalized spacial score (nSPS) is 11.6. The van der Waals surface area contributed by atoms with Crippen LogP contribution in [0.4, 0.5) is 15.8 Å². The number of hydrogen-bond donors (Lipinski definition) is 0. The van der Waals surface area contributed by atoms with Crippen molar-refractivity contribution in [2.45, 2.75) is 25.3 Å². The summed E-state index contributed by atoms with van der Waals surface area (Å²) in [5.41, 5.74) is 0.580. The highest BCUT2D eigenvalue weighted by Gasteiger charge is 2.26. The summed E-state index contributed by atoms with van der Waals surface area (Å²) < 4.78 is 39.8. The molecule has 0 amide bonds. The van der Waals surface area contributed by atoms with Gasteiger partial charge in [-0.2, -0.15) is 4.31 Å². The molecular weight excluding hydrogens is 373 g/mol. The van der Waals surface area contributed by atoms with Crippen molar-refractivity contribution >= 4 is 21.4 Å². The molecule has 0 spiro atoms. The number of benzene rings is 2. The van der Waals surface area contributed by atoms with Crippen molar-refractivity contribution in [2.75, 3.05) is 25.0 Å². The average Bonchev–Trinajstić information content (AvgIpc) is 2.61. The Hall–Kier alpha value is -2.52. The predicted octanol–water partition coefficient (Wildman–Crippen LogP) is 3.40. The van der Waals surface area contributed by atoms with E-state index in [2.05, 4.69) is 0 Å². The largest absolute Gasteiger partial charge is 0.365 e. The maximum atomic E-state index is 13.4. The first-order chi connectivity index (χ1) is 12.7. The van der Waals surface area contributed by atoms with Gasteiger partial charge < -0.3 is 4.90 Å². The fourth-order valence-corrected chi connectivity index (χ4v) is 4.32. The van der Waals surface area contributed by atoms with Crippen molar-refractivity contribution in [2.24, 2.45) is 0 Å². The Bertz CT molecular complexity index is 930. The van der Waals surface area contributed by atoms with Crippen LogP contribution in [0, 0.1) is 15.9 Å². The van der Waals surface area contributed by atoms with Gasteiger partial charge in [0.2, 0.25) is 10.0 Å². The molecule has 9 heteroatoms. The van der Waals surface area contributed by atoms with Gasteiger partial charge in [0, 0.05) is 32.7 Å². The third-order valence-corrected chi connectivity index (χ3v) is 6.25. The van der Waals surface area contributed by atoms with Gasteiger partial charge in [-0.25, -0.2) is 12.8 Å². The number of nitro benzene ring substituents is 1. The van der Waals surface area contributed by atoms with Crippen LogP contribution in [0.25, 0.3) is 0 Å². The van der Waals surface area contributed by atoms with Gasteiger partial charge in [-0.15, -0.1) is 0 Å². The van der Waals surface area contributed by atoms with E-state index in [-0.39, 0.29) is 35.9 Å². The summed E-state index contributed by atoms with van der Waals surface area (Å²) in [6.45, 7) is 4.19. The van der Waals surface area contributed by atoms with Crippen molar-refractivity contribution in [3.05, 3.63) is 64.0 Å². The number of nitro groups is 1. The standard InChI is InChI=1S/C18H22FN3O4S/c1-4-21(5-2)27(25,26)16-9-10-17(18(12-16)22(23)24)20(3)13-14-7-6-8-15(19)11-14/h6-12H,4-5,13H2,1-3H3. The topological polar surface area (TPSA) is 83.8 Å². The first-order valence-electron chi connectivity index (χ1n) is 8.44. The smallest absolute Gasteiger partial charge is 0.293 e. The molecule has 0 aliphatic carbocycles. The summed E-state index contributed by atoms with van der Waals surface area (Å²) in [7, 11) is -2.17. The molecule has 27 heavy (non-hydrogen) atoms. The average molecular weight is 395 g/mol. The van der Waals surface area contributed by atoms with Crippen LogP contribution in [0.2, 0.25) is 0 Å². The zero-order valence-electron chi connectivity index (χ0n) is 15.4. The molecule has 0 aromatic heterocycles. The lowest BCUT2D eigenvalue weighted by atomic mass is 10.2. The Labute approximate surface area is 158 Å². The van der Waals surface area contributed by atoms with Crippen LogP contribution in [0.3, 0.4) is 0 Å². The van der Waals surface area contributed by atoms with E-state index in [9.17, 15) is 22.9 Å². The SMILES string of the molecule is CCN(CC)S(=O)(=O)c1ccc(N(C)Cc2cccc(F)c2)c([N+](=O)[O-])c1. The van der Waals surface area contributed by atoms with Gasteiger partial charge in [0.25, 0.3) is 5.69 Å². The molecule has 0 N–H and O–H groups in total. The fraction of sp³-hybridized carbons (Fsp3) is 0.333. The zero-order chi connectivity index (χ0) is 20.2. The van der Waals surface area contributed by atoms with Gasteiger partial charge in [-0.05, 0) is 29.8 Å². The van der Waals surface area contributed by atoms with E-state index in [1.165, 1.54) is 28.6 Å². The summed E-state index contributed by atoms with van der Waals surface area (Å²) >= 11 is 0. The van der Waals surface area contributed by atoms with Gasteiger partial charge in [0.05, 0.1) is 9.82 Å². The first kappa shape index (κ1) is 20.8. The molecule has 2 aromatic carbocycles. The molecular formula is C18H22FN3O4S. The maximum Gasteiger partial charge on any atom is 0.293 e. The number of hydrogen-bond acceptors (Lipinski definition) is 5. The van der Waals surface area contributed by atoms with Crippen LogP contribution in [-0.2, 0) is 16.6 Å². The second-order valence-corrected chi connectivity index (χ2v) is 7.92. The fourth-order valence-electron chi connectivity index (χ4n) is 2.84. The second-order valence-electron chi connectivity index (χ2n) is 5.98. The molecule has 7 nitrogen and oxygen atoms in total. The highest BCUT2D eigenvalue weighted by Crippen LogP contribution is 2.32. The lowest BCUT2D eigenvalue weighted by molar-refractivity contribution is -0.384. The van der Waals surface area contributed by atoms with Crippen LogP contribution >= 0.6 is 0 Å². The number of nitrogens with zero attached hydrogens (tertiary/aromatic N) is 3. The van der Waals surface area contributed by atoms with Crippen LogP contribution in [0.5, 0.6) is 0 Å². The summed E-state index contributed by atoms with van der Waals surface area (Å²) in [6, 6.07) is 9.79. The van der Waals surface area contributed by atoms with Crippen LogP contribution < -0.4 is 4.90 Å². The molecule has 2 aromatic rings. The van der Waals surface area contributed by atoms with Gasteiger partial charge in [0.1, 0.15) is 11.5 Å². The van der Waals surface area contributed by atoms with Crippen LogP contribution in [0.15, 0.2) is 47.4 Å². The Morgan fingerprint density at radius 2 is 1.78 bits per heavy atom. The molecule has 0 bridgehead atoms. The molecule has 146 valence electrons. The number of sulfonamides is 1. The molecule has 0 heterocycles. The minimum atomic E-state index is -3.80. The second kappa shape index (κ2) is 8.45. The molecule has 0 aliphatic rings. The monoisotopic (exact) mass is 395 g/mol. The number of rotatable bonds is 8.